The van der Waals surface area contributed by atoms with Gasteiger partial charge in [-0.15, -0.1) is 0 Å². The number of amides is 1. The van der Waals surface area contributed by atoms with Crippen LogP contribution in [0.4, 0.5) is 4.39 Å². The lowest BCUT2D eigenvalue weighted by molar-refractivity contribution is 0.0623. The van der Waals surface area contributed by atoms with Crippen molar-refractivity contribution in [2.24, 2.45) is 0 Å². The maximum absolute atomic E-state index is 13.3. The number of imidazole rings is 1. The molecule has 0 bridgehead atoms. The molecule has 0 saturated carbocycles. The minimum absolute atomic E-state index is 0.0332. The standard InChI is InChI=1S/C19H19FN4O/c20-16-5-3-4-15(12-16)13-22-8-10-23(11-9-22)19(25)17-14-24-7-2-1-6-18(24)21-17/h1-7,12,14H,8-11,13H2. The maximum Gasteiger partial charge on any atom is 0.274 e. The molecule has 2 aromatic heterocycles. The molecule has 6 heteroatoms. The van der Waals surface area contributed by atoms with Crippen LogP contribution in [0.5, 0.6) is 0 Å². The van der Waals surface area contributed by atoms with Crippen LogP contribution < -0.4 is 0 Å². The van der Waals surface area contributed by atoms with E-state index < -0.39 is 0 Å². The van der Waals surface area contributed by atoms with Crippen LogP contribution in [0.1, 0.15) is 16.1 Å². The number of carbonyl (C=O) groups excluding carboxylic acids is 1. The normalized spacial score (nSPS) is 15.6. The van der Waals surface area contributed by atoms with Crippen molar-refractivity contribution in [1.82, 2.24) is 19.2 Å². The number of carbonyl (C=O) groups is 1. The van der Waals surface area contributed by atoms with E-state index in [-0.39, 0.29) is 11.7 Å². The van der Waals surface area contributed by atoms with Crippen molar-refractivity contribution in [1.29, 1.82) is 0 Å². The molecule has 3 aromatic rings. The quantitative estimate of drug-likeness (QED) is 0.736. The highest BCUT2D eigenvalue weighted by Crippen LogP contribution is 2.13. The van der Waals surface area contributed by atoms with Crippen molar-refractivity contribution in [3.8, 4) is 0 Å². The molecule has 1 aromatic carbocycles. The molecular formula is C19H19FN4O. The number of pyridine rings is 1. The van der Waals surface area contributed by atoms with E-state index in [1.165, 1.54) is 6.07 Å². The van der Waals surface area contributed by atoms with Gasteiger partial charge in [-0.05, 0) is 29.8 Å². The van der Waals surface area contributed by atoms with Crippen LogP contribution in [-0.4, -0.2) is 51.3 Å². The zero-order chi connectivity index (χ0) is 17.2. The van der Waals surface area contributed by atoms with Gasteiger partial charge in [0, 0.05) is 45.1 Å². The fourth-order valence-electron chi connectivity index (χ4n) is 3.20. The molecule has 0 N–H and O–H groups in total. The van der Waals surface area contributed by atoms with Gasteiger partial charge in [0.05, 0.1) is 0 Å². The van der Waals surface area contributed by atoms with Gasteiger partial charge in [0.2, 0.25) is 0 Å². The molecule has 0 spiro atoms. The number of hydrogen-bond donors (Lipinski definition) is 0. The van der Waals surface area contributed by atoms with Gasteiger partial charge >= 0.3 is 0 Å². The molecule has 1 aliphatic rings. The number of benzene rings is 1. The smallest absolute Gasteiger partial charge is 0.274 e. The van der Waals surface area contributed by atoms with Gasteiger partial charge in [-0.25, -0.2) is 9.37 Å². The Morgan fingerprint density at radius 1 is 1.08 bits per heavy atom. The third-order valence-corrected chi connectivity index (χ3v) is 4.54. The second kappa shape index (κ2) is 6.64. The third-order valence-electron chi connectivity index (χ3n) is 4.54. The largest absolute Gasteiger partial charge is 0.335 e. The summed E-state index contributed by atoms with van der Waals surface area (Å²) in [6.07, 6.45) is 3.66. The minimum atomic E-state index is -0.210. The number of halogens is 1. The number of piperazine rings is 1. The molecule has 25 heavy (non-hydrogen) atoms. The van der Waals surface area contributed by atoms with E-state index in [4.69, 9.17) is 0 Å². The minimum Gasteiger partial charge on any atom is -0.335 e. The molecule has 4 rings (SSSR count). The van der Waals surface area contributed by atoms with Gasteiger partial charge in [-0.2, -0.15) is 0 Å². The predicted molar refractivity (Wildman–Crippen MR) is 92.8 cm³/mol. The summed E-state index contributed by atoms with van der Waals surface area (Å²) in [5.74, 6) is -0.243. The molecule has 1 saturated heterocycles. The van der Waals surface area contributed by atoms with Crippen LogP contribution in [0.15, 0.2) is 54.9 Å². The monoisotopic (exact) mass is 338 g/mol. The summed E-state index contributed by atoms with van der Waals surface area (Å²) in [7, 11) is 0. The molecule has 0 radical (unpaired) electrons. The first-order valence-corrected chi connectivity index (χ1v) is 8.39. The molecule has 5 nitrogen and oxygen atoms in total. The average Bonchev–Trinajstić information content (AvgIpc) is 3.06. The van der Waals surface area contributed by atoms with Crippen LogP contribution in [0.3, 0.4) is 0 Å². The highest BCUT2D eigenvalue weighted by atomic mass is 19.1. The summed E-state index contributed by atoms with van der Waals surface area (Å²) in [5.41, 5.74) is 2.21. The Kier molecular flexibility index (Phi) is 4.19. The van der Waals surface area contributed by atoms with E-state index in [0.29, 0.717) is 25.3 Å². The molecule has 0 unspecified atom stereocenters. The summed E-state index contributed by atoms with van der Waals surface area (Å²) >= 11 is 0. The number of hydrogen-bond acceptors (Lipinski definition) is 3. The molecule has 0 atom stereocenters. The molecule has 3 heterocycles. The Morgan fingerprint density at radius 3 is 2.68 bits per heavy atom. The molecule has 0 aliphatic carbocycles. The maximum atomic E-state index is 13.3. The summed E-state index contributed by atoms with van der Waals surface area (Å²) in [5, 5.41) is 0. The van der Waals surface area contributed by atoms with Crippen LogP contribution >= 0.6 is 0 Å². The zero-order valence-electron chi connectivity index (χ0n) is 13.8. The van der Waals surface area contributed by atoms with Crippen LogP contribution in [-0.2, 0) is 6.54 Å². The van der Waals surface area contributed by atoms with Gasteiger partial charge in [0.1, 0.15) is 17.2 Å². The molecule has 128 valence electrons. The average molecular weight is 338 g/mol. The lowest BCUT2D eigenvalue weighted by atomic mass is 10.2. The van der Waals surface area contributed by atoms with Gasteiger partial charge in [0.25, 0.3) is 5.91 Å². The Bertz CT molecular complexity index is 866. The predicted octanol–water partition coefficient (Wildman–Crippen LogP) is 2.43. The van der Waals surface area contributed by atoms with Gasteiger partial charge in [-0.3, -0.25) is 9.69 Å². The fraction of sp³-hybridized carbons (Fsp3) is 0.263. The molecular weight excluding hydrogens is 319 g/mol. The van der Waals surface area contributed by atoms with E-state index in [1.807, 2.05) is 39.8 Å². The van der Waals surface area contributed by atoms with E-state index in [0.717, 1.165) is 24.3 Å². The van der Waals surface area contributed by atoms with E-state index in [9.17, 15) is 9.18 Å². The van der Waals surface area contributed by atoms with Crippen molar-refractivity contribution >= 4 is 11.6 Å². The van der Waals surface area contributed by atoms with Gasteiger partial charge in [0.15, 0.2) is 0 Å². The SMILES string of the molecule is O=C(c1cn2ccccc2n1)N1CCN(Cc2cccc(F)c2)CC1. The lowest BCUT2D eigenvalue weighted by Gasteiger charge is -2.34. The van der Waals surface area contributed by atoms with Crippen molar-refractivity contribution in [3.63, 3.8) is 0 Å². The van der Waals surface area contributed by atoms with Crippen molar-refractivity contribution < 1.29 is 9.18 Å². The van der Waals surface area contributed by atoms with Crippen LogP contribution in [0, 0.1) is 5.82 Å². The second-order valence-electron chi connectivity index (χ2n) is 6.29. The number of rotatable bonds is 3. The summed E-state index contributed by atoms with van der Waals surface area (Å²) in [4.78, 5) is 21.1. The number of fused-ring (bicyclic) bond motifs is 1. The fourth-order valence-corrected chi connectivity index (χ4v) is 3.20. The van der Waals surface area contributed by atoms with Gasteiger partial charge < -0.3 is 9.30 Å². The van der Waals surface area contributed by atoms with Gasteiger partial charge in [-0.1, -0.05) is 18.2 Å². The number of aromatic nitrogens is 2. The Hall–Kier alpha value is -2.73. The van der Waals surface area contributed by atoms with Crippen LogP contribution in [0.25, 0.3) is 5.65 Å². The Labute approximate surface area is 145 Å². The Balaban J connectivity index is 1.38. The second-order valence-corrected chi connectivity index (χ2v) is 6.29. The molecule has 1 amide bonds. The first-order valence-electron chi connectivity index (χ1n) is 8.39. The van der Waals surface area contributed by atoms with Crippen molar-refractivity contribution in [2.75, 3.05) is 26.2 Å². The third kappa shape index (κ3) is 3.39. The number of nitrogens with zero attached hydrogens (tertiary/aromatic N) is 4. The lowest BCUT2D eigenvalue weighted by Crippen LogP contribution is -2.48. The molecule has 1 fully saturated rings. The summed E-state index contributed by atoms with van der Waals surface area (Å²) in [6.45, 7) is 3.56. The van der Waals surface area contributed by atoms with Crippen molar-refractivity contribution in [2.45, 2.75) is 6.54 Å². The summed E-state index contributed by atoms with van der Waals surface area (Å²) < 4.78 is 15.1. The van der Waals surface area contributed by atoms with E-state index in [1.54, 1.807) is 18.3 Å². The highest BCUT2D eigenvalue weighted by Gasteiger charge is 2.23. The highest BCUT2D eigenvalue weighted by molar-refractivity contribution is 5.93. The van der Waals surface area contributed by atoms with E-state index in [2.05, 4.69) is 9.88 Å². The zero-order valence-corrected chi connectivity index (χ0v) is 13.8. The topological polar surface area (TPSA) is 40.9 Å². The first-order chi connectivity index (χ1) is 12.2. The Morgan fingerprint density at radius 2 is 1.92 bits per heavy atom. The first kappa shape index (κ1) is 15.8. The van der Waals surface area contributed by atoms with E-state index >= 15 is 0 Å². The van der Waals surface area contributed by atoms with Crippen LogP contribution in [0.2, 0.25) is 0 Å². The summed E-state index contributed by atoms with van der Waals surface area (Å²) in [6, 6.07) is 12.4. The molecule has 1 aliphatic heterocycles. The van der Waals surface area contributed by atoms with Crippen molar-refractivity contribution in [3.05, 3.63) is 71.9 Å².